The fourth-order valence-electron chi connectivity index (χ4n) is 0.976. The number of ether oxygens (including phenoxy) is 1. The molecule has 2 nitrogen and oxygen atoms in total. The Balaban J connectivity index is 0. The lowest BCUT2D eigenvalue weighted by Crippen LogP contribution is -1.97. The molecular weight excluding hydrogens is 272 g/mol. The van der Waals surface area contributed by atoms with E-state index >= 15 is 0 Å². The van der Waals surface area contributed by atoms with E-state index in [-0.39, 0.29) is 0 Å². The van der Waals surface area contributed by atoms with Gasteiger partial charge in [0.25, 0.3) is 0 Å². The molecule has 1 aromatic rings. The molecule has 0 heterocycles. The van der Waals surface area contributed by atoms with Crippen molar-refractivity contribution in [1.29, 1.82) is 0 Å². The topological polar surface area (TPSA) is 26.3 Å². The van der Waals surface area contributed by atoms with E-state index in [9.17, 15) is 4.79 Å². The lowest BCUT2D eigenvalue weighted by Gasteiger charge is -1.99. The van der Waals surface area contributed by atoms with Crippen LogP contribution in [0.4, 0.5) is 0 Å². The molecule has 0 fully saturated rings. The van der Waals surface area contributed by atoms with Crippen LogP contribution in [0.1, 0.15) is 12.0 Å². The van der Waals surface area contributed by atoms with E-state index in [1.165, 1.54) is 5.56 Å². The third-order valence-electron chi connectivity index (χ3n) is 1.99. The van der Waals surface area contributed by atoms with Gasteiger partial charge in [0.05, 0.1) is 0 Å². The fraction of sp³-hybridized carbons (Fsp3) is 0.0500. The van der Waals surface area contributed by atoms with Crippen LogP contribution in [0.15, 0.2) is 99.9 Å². The second-order valence-electron chi connectivity index (χ2n) is 3.74. The van der Waals surface area contributed by atoms with E-state index < -0.39 is 5.97 Å². The molecule has 0 radical (unpaired) electrons. The largest absolute Gasteiger partial charge is 0.428 e. The quantitative estimate of drug-likeness (QED) is 0.228. The van der Waals surface area contributed by atoms with E-state index in [0.29, 0.717) is 12.2 Å². The van der Waals surface area contributed by atoms with Crippen molar-refractivity contribution in [3.63, 3.8) is 0 Å². The lowest BCUT2D eigenvalue weighted by molar-refractivity contribution is -0.133. The van der Waals surface area contributed by atoms with Crippen molar-refractivity contribution in [2.75, 3.05) is 0 Å². The van der Waals surface area contributed by atoms with Crippen molar-refractivity contribution in [3.8, 4) is 0 Å². The van der Waals surface area contributed by atoms with Gasteiger partial charge in [0.1, 0.15) is 5.76 Å². The minimum atomic E-state index is -0.480. The molecule has 0 unspecified atom stereocenters. The highest BCUT2D eigenvalue weighted by atomic mass is 16.5. The maximum atomic E-state index is 10.5. The average molecular weight is 296 g/mol. The molecule has 0 bridgehead atoms. The Hall–Kier alpha value is -2.87. The molecule has 1 rings (SSSR count). The predicted molar refractivity (Wildman–Crippen MR) is 97.2 cm³/mol. The van der Waals surface area contributed by atoms with Gasteiger partial charge in [-0.05, 0) is 5.56 Å². The molecule has 0 spiro atoms. The summed E-state index contributed by atoms with van der Waals surface area (Å²) in [6.07, 6.45) is 8.30. The summed E-state index contributed by atoms with van der Waals surface area (Å²) in [5.74, 6) is -0.0910. The van der Waals surface area contributed by atoms with Gasteiger partial charge in [0.15, 0.2) is 0 Å². The van der Waals surface area contributed by atoms with Crippen molar-refractivity contribution in [3.05, 3.63) is 105 Å². The lowest BCUT2D eigenvalue weighted by atomic mass is 10.2. The maximum Gasteiger partial charge on any atom is 0.335 e. The van der Waals surface area contributed by atoms with Gasteiger partial charge in [-0.15, -0.1) is 6.58 Å². The maximum absolute atomic E-state index is 10.5. The van der Waals surface area contributed by atoms with Gasteiger partial charge < -0.3 is 4.74 Å². The Bertz CT molecular complexity index is 490. The molecule has 0 aliphatic carbocycles. The van der Waals surface area contributed by atoms with Crippen LogP contribution in [0.3, 0.4) is 0 Å². The summed E-state index contributed by atoms with van der Waals surface area (Å²) in [6, 6.07) is 10.0. The smallest absolute Gasteiger partial charge is 0.335 e. The van der Waals surface area contributed by atoms with Gasteiger partial charge in [0.2, 0.25) is 0 Å². The molecule has 1 aromatic carbocycles. The molecular formula is C20H24O2. The molecule has 0 saturated carbocycles. The molecule has 0 atom stereocenters. The Morgan fingerprint density at radius 1 is 1.00 bits per heavy atom. The number of rotatable bonds is 6. The van der Waals surface area contributed by atoms with Gasteiger partial charge in [-0.1, -0.05) is 87.5 Å². The molecule has 116 valence electrons. The van der Waals surface area contributed by atoms with Gasteiger partial charge in [0, 0.05) is 12.5 Å². The Kier molecular flexibility index (Phi) is 15.8. The zero-order valence-electron chi connectivity index (χ0n) is 13.0. The highest BCUT2D eigenvalue weighted by molar-refractivity contribution is 5.82. The second-order valence-corrected chi connectivity index (χ2v) is 3.74. The summed E-state index contributed by atoms with van der Waals surface area (Å²) >= 11 is 0. The van der Waals surface area contributed by atoms with Gasteiger partial charge in [-0.25, -0.2) is 4.79 Å². The van der Waals surface area contributed by atoms with Crippen molar-refractivity contribution in [1.82, 2.24) is 0 Å². The third-order valence-corrected chi connectivity index (χ3v) is 1.99. The zero-order chi connectivity index (χ0) is 17.2. The van der Waals surface area contributed by atoms with E-state index in [0.717, 1.165) is 6.08 Å². The summed E-state index contributed by atoms with van der Waals surface area (Å²) in [5, 5.41) is 0. The van der Waals surface area contributed by atoms with Crippen molar-refractivity contribution >= 4 is 12.0 Å². The molecule has 22 heavy (non-hydrogen) atoms. The Morgan fingerprint density at radius 3 is 1.86 bits per heavy atom. The Labute approximate surface area is 134 Å². The van der Waals surface area contributed by atoms with Crippen LogP contribution in [0.5, 0.6) is 0 Å². The standard InChI is InChI=1S/C8H10O2.C8H8.C4H6/c1-4-6-7(3)10-8(9)5-2;1-2-8-6-4-3-5-7-8;1-3-4-2/h4-5H,1-3,6H2;2-7H,1H2;3-4H,1-2H2. The van der Waals surface area contributed by atoms with Crippen molar-refractivity contribution in [2.45, 2.75) is 6.42 Å². The van der Waals surface area contributed by atoms with Gasteiger partial charge in [-0.3, -0.25) is 0 Å². The van der Waals surface area contributed by atoms with E-state index in [2.05, 4.69) is 44.2 Å². The summed E-state index contributed by atoms with van der Waals surface area (Å²) in [5.41, 5.74) is 1.17. The molecule has 0 aliphatic heterocycles. The predicted octanol–water partition coefficient (Wildman–Crippen LogP) is 5.49. The monoisotopic (exact) mass is 296 g/mol. The first-order chi connectivity index (χ1) is 10.5. The third kappa shape index (κ3) is 15.2. The summed E-state index contributed by atoms with van der Waals surface area (Å²) in [6.45, 7) is 20.5. The highest BCUT2D eigenvalue weighted by Gasteiger charge is 1.96. The number of carbonyl (C=O) groups is 1. The molecule has 2 heteroatoms. The van der Waals surface area contributed by atoms with Crippen LogP contribution in [-0.2, 0) is 9.53 Å². The number of esters is 1. The van der Waals surface area contributed by atoms with E-state index in [1.54, 1.807) is 18.2 Å². The number of hydrogen-bond acceptors (Lipinski definition) is 2. The normalized spacial score (nSPS) is 7.64. The Morgan fingerprint density at radius 2 is 1.55 bits per heavy atom. The van der Waals surface area contributed by atoms with Crippen LogP contribution >= 0.6 is 0 Å². The molecule has 0 amide bonds. The first kappa shape index (κ1) is 21.4. The van der Waals surface area contributed by atoms with Crippen LogP contribution in [0, 0.1) is 0 Å². The minimum Gasteiger partial charge on any atom is -0.428 e. The number of allylic oxidation sites excluding steroid dienone is 3. The minimum absolute atomic E-state index is 0.389. The summed E-state index contributed by atoms with van der Waals surface area (Å²) in [7, 11) is 0. The summed E-state index contributed by atoms with van der Waals surface area (Å²) in [4.78, 5) is 10.5. The zero-order valence-corrected chi connectivity index (χ0v) is 13.0. The van der Waals surface area contributed by atoms with E-state index in [4.69, 9.17) is 0 Å². The molecule has 0 aliphatic rings. The van der Waals surface area contributed by atoms with E-state index in [1.807, 2.05) is 36.4 Å². The number of benzene rings is 1. The van der Waals surface area contributed by atoms with Crippen LogP contribution in [0.25, 0.3) is 6.08 Å². The second kappa shape index (κ2) is 16.2. The van der Waals surface area contributed by atoms with Crippen molar-refractivity contribution < 1.29 is 9.53 Å². The first-order valence-electron chi connectivity index (χ1n) is 6.59. The van der Waals surface area contributed by atoms with Crippen LogP contribution < -0.4 is 0 Å². The van der Waals surface area contributed by atoms with Crippen LogP contribution in [-0.4, -0.2) is 5.97 Å². The van der Waals surface area contributed by atoms with Gasteiger partial charge in [-0.2, -0.15) is 0 Å². The van der Waals surface area contributed by atoms with Crippen LogP contribution in [0.2, 0.25) is 0 Å². The first-order valence-corrected chi connectivity index (χ1v) is 6.59. The number of hydrogen-bond donors (Lipinski definition) is 0. The SMILES string of the molecule is C=CC=C.C=CCC(=C)OC(=O)C=C.C=Cc1ccccc1. The average Bonchev–Trinajstić information content (AvgIpc) is 2.56. The summed E-state index contributed by atoms with van der Waals surface area (Å²) < 4.78 is 4.62. The number of carbonyl (C=O) groups excluding carboxylic acids is 1. The molecule has 0 N–H and O–H groups in total. The highest BCUT2D eigenvalue weighted by Crippen LogP contribution is 2.00. The fourth-order valence-corrected chi connectivity index (χ4v) is 0.976. The molecule has 0 saturated heterocycles. The van der Waals surface area contributed by atoms with Gasteiger partial charge >= 0.3 is 5.97 Å². The van der Waals surface area contributed by atoms with Crippen molar-refractivity contribution in [2.24, 2.45) is 0 Å². The molecule has 0 aromatic heterocycles.